The van der Waals surface area contributed by atoms with Crippen LogP contribution in [0, 0.1) is 0 Å². The van der Waals surface area contributed by atoms with Gasteiger partial charge in [-0.15, -0.1) is 0 Å². The molecule has 27 heavy (non-hydrogen) atoms. The van der Waals surface area contributed by atoms with Gasteiger partial charge in [0.1, 0.15) is 0 Å². The maximum absolute atomic E-state index is 5.45. The molecule has 5 nitrogen and oxygen atoms in total. The van der Waals surface area contributed by atoms with Crippen molar-refractivity contribution in [3.05, 3.63) is 0 Å². The largest absolute Gasteiger partial charge is 0.379 e. The molecule has 1 atom stereocenters. The summed E-state index contributed by atoms with van der Waals surface area (Å²) in [4.78, 5) is 12.7. The van der Waals surface area contributed by atoms with Crippen LogP contribution in [0.25, 0.3) is 0 Å². The molecule has 2 heterocycles. The van der Waals surface area contributed by atoms with E-state index in [9.17, 15) is 0 Å². The quantitative estimate of drug-likeness (QED) is 0.407. The lowest BCUT2D eigenvalue weighted by Crippen LogP contribution is -2.43. The van der Waals surface area contributed by atoms with Gasteiger partial charge in [-0.2, -0.15) is 0 Å². The number of unbranched alkanes of at least 4 members (excludes halogenated alkanes) is 4. The molecule has 0 aromatic heterocycles. The van der Waals surface area contributed by atoms with Crippen LogP contribution in [0.2, 0.25) is 0 Å². The molecule has 0 amide bonds. The molecule has 2 aliphatic rings. The first-order valence-corrected chi connectivity index (χ1v) is 11.4. The second-order valence-electron chi connectivity index (χ2n) is 8.39. The Hall–Kier alpha value is -0.490. The molecule has 2 saturated heterocycles. The fourth-order valence-electron chi connectivity index (χ4n) is 4.27. The van der Waals surface area contributed by atoms with Crippen LogP contribution in [-0.2, 0) is 4.74 Å². The average molecular weight is 381 g/mol. The maximum Gasteiger partial charge on any atom is 0.0594 e. The van der Waals surface area contributed by atoms with Crippen molar-refractivity contribution in [2.24, 2.45) is 4.99 Å². The van der Waals surface area contributed by atoms with E-state index in [-0.39, 0.29) is 0 Å². The monoisotopic (exact) mass is 380 g/mol. The van der Waals surface area contributed by atoms with Crippen LogP contribution < -0.4 is 0 Å². The molecule has 2 fully saturated rings. The zero-order chi connectivity index (χ0) is 19.3. The number of likely N-dealkylation sites (N-methyl/N-ethyl adjacent to an activating group) is 1. The fourth-order valence-corrected chi connectivity index (χ4v) is 4.27. The van der Waals surface area contributed by atoms with Gasteiger partial charge >= 0.3 is 0 Å². The van der Waals surface area contributed by atoms with Crippen LogP contribution in [0.3, 0.4) is 0 Å². The van der Waals surface area contributed by atoms with Gasteiger partial charge in [-0.25, -0.2) is 0 Å². The van der Waals surface area contributed by atoms with Gasteiger partial charge in [-0.3, -0.25) is 14.8 Å². The van der Waals surface area contributed by atoms with Crippen LogP contribution in [0.1, 0.15) is 58.8 Å². The maximum atomic E-state index is 5.45. The van der Waals surface area contributed by atoms with Crippen molar-refractivity contribution < 1.29 is 4.74 Å². The standard InChI is InChI=1S/C22H44N4O/c1-4-5-6-7-8-10-22(26-13-9-12-24(3)15-16-26)21(2)23-11-14-25-17-19-27-20-18-25/h22H,4-20H2,1-3H3. The van der Waals surface area contributed by atoms with E-state index in [4.69, 9.17) is 9.73 Å². The van der Waals surface area contributed by atoms with E-state index in [0.717, 1.165) is 39.4 Å². The Balaban J connectivity index is 1.86. The molecule has 2 rings (SSSR count). The summed E-state index contributed by atoms with van der Waals surface area (Å²) >= 11 is 0. The second kappa shape index (κ2) is 13.6. The third kappa shape index (κ3) is 9.03. The SMILES string of the molecule is CCCCCCCC(C(C)=NCCN1CCOCC1)N1CCCN(C)CC1. The average Bonchev–Trinajstić information content (AvgIpc) is 2.90. The van der Waals surface area contributed by atoms with Gasteiger partial charge in [0, 0.05) is 51.0 Å². The van der Waals surface area contributed by atoms with Crippen LogP contribution in [-0.4, -0.2) is 99.1 Å². The number of ether oxygens (including phenoxy) is 1. The van der Waals surface area contributed by atoms with E-state index in [1.54, 1.807) is 0 Å². The predicted molar refractivity (Wildman–Crippen MR) is 116 cm³/mol. The van der Waals surface area contributed by atoms with Crippen LogP contribution in [0.5, 0.6) is 0 Å². The topological polar surface area (TPSA) is 31.3 Å². The number of rotatable bonds is 11. The highest BCUT2D eigenvalue weighted by atomic mass is 16.5. The molecule has 0 spiro atoms. The van der Waals surface area contributed by atoms with Gasteiger partial charge in [0.05, 0.1) is 19.8 Å². The highest BCUT2D eigenvalue weighted by Gasteiger charge is 2.23. The third-order valence-corrected chi connectivity index (χ3v) is 6.14. The van der Waals surface area contributed by atoms with Crippen LogP contribution in [0.4, 0.5) is 0 Å². The fraction of sp³-hybridized carbons (Fsp3) is 0.955. The lowest BCUT2D eigenvalue weighted by molar-refractivity contribution is 0.0394. The number of hydrogen-bond acceptors (Lipinski definition) is 5. The number of hydrogen-bond donors (Lipinski definition) is 0. The van der Waals surface area contributed by atoms with E-state index in [1.807, 2.05) is 0 Å². The molecule has 2 aliphatic heterocycles. The molecular weight excluding hydrogens is 336 g/mol. The van der Waals surface area contributed by atoms with Crippen molar-refractivity contribution in [1.29, 1.82) is 0 Å². The number of aliphatic imine (C=N–C) groups is 1. The zero-order valence-electron chi connectivity index (χ0n) is 18.3. The van der Waals surface area contributed by atoms with E-state index in [0.29, 0.717) is 6.04 Å². The summed E-state index contributed by atoms with van der Waals surface area (Å²) in [7, 11) is 2.26. The normalized spacial score (nSPS) is 22.7. The number of morpholine rings is 1. The minimum atomic E-state index is 0.544. The molecule has 1 unspecified atom stereocenters. The molecule has 158 valence electrons. The second-order valence-corrected chi connectivity index (χ2v) is 8.39. The summed E-state index contributed by atoms with van der Waals surface area (Å²) in [6.45, 7) is 15.3. The summed E-state index contributed by atoms with van der Waals surface area (Å²) in [6, 6.07) is 0.544. The van der Waals surface area contributed by atoms with E-state index < -0.39 is 0 Å². The number of nitrogens with zero attached hydrogens (tertiary/aromatic N) is 4. The van der Waals surface area contributed by atoms with Crippen LogP contribution in [0.15, 0.2) is 4.99 Å². The van der Waals surface area contributed by atoms with Crippen molar-refractivity contribution in [2.45, 2.75) is 64.8 Å². The van der Waals surface area contributed by atoms with Gasteiger partial charge in [0.15, 0.2) is 0 Å². The van der Waals surface area contributed by atoms with E-state index in [1.165, 1.54) is 76.8 Å². The summed E-state index contributed by atoms with van der Waals surface area (Å²) in [5.74, 6) is 0. The van der Waals surface area contributed by atoms with Crippen molar-refractivity contribution in [2.75, 3.05) is 72.6 Å². The van der Waals surface area contributed by atoms with Gasteiger partial charge in [0.25, 0.3) is 0 Å². The summed E-state index contributed by atoms with van der Waals surface area (Å²) in [5, 5.41) is 0. The Morgan fingerprint density at radius 2 is 1.74 bits per heavy atom. The molecule has 0 aromatic carbocycles. The summed E-state index contributed by atoms with van der Waals surface area (Å²) in [6.07, 6.45) is 9.37. The van der Waals surface area contributed by atoms with Crippen molar-refractivity contribution in [3.63, 3.8) is 0 Å². The first-order valence-electron chi connectivity index (χ1n) is 11.4. The Bertz CT molecular complexity index is 409. The minimum Gasteiger partial charge on any atom is -0.379 e. The molecule has 0 bridgehead atoms. The molecule has 0 aliphatic carbocycles. The van der Waals surface area contributed by atoms with Gasteiger partial charge < -0.3 is 9.64 Å². The molecule has 0 aromatic rings. The van der Waals surface area contributed by atoms with Gasteiger partial charge in [0.2, 0.25) is 0 Å². The van der Waals surface area contributed by atoms with Crippen molar-refractivity contribution >= 4 is 5.71 Å². The summed E-state index contributed by atoms with van der Waals surface area (Å²) in [5.41, 5.74) is 1.36. The van der Waals surface area contributed by atoms with Crippen molar-refractivity contribution in [3.8, 4) is 0 Å². The zero-order valence-corrected chi connectivity index (χ0v) is 18.3. The van der Waals surface area contributed by atoms with E-state index >= 15 is 0 Å². The Morgan fingerprint density at radius 3 is 2.52 bits per heavy atom. The molecule has 0 radical (unpaired) electrons. The highest BCUT2D eigenvalue weighted by molar-refractivity contribution is 5.87. The molecular formula is C22H44N4O. The molecule has 0 N–H and O–H groups in total. The lowest BCUT2D eigenvalue weighted by atomic mass is 10.0. The Kier molecular flexibility index (Phi) is 11.5. The Labute approximate surface area is 168 Å². The van der Waals surface area contributed by atoms with E-state index in [2.05, 4.69) is 35.6 Å². The third-order valence-electron chi connectivity index (χ3n) is 6.14. The highest BCUT2D eigenvalue weighted by Crippen LogP contribution is 2.16. The van der Waals surface area contributed by atoms with Crippen molar-refractivity contribution in [1.82, 2.24) is 14.7 Å². The minimum absolute atomic E-state index is 0.544. The van der Waals surface area contributed by atoms with Gasteiger partial charge in [-0.1, -0.05) is 39.0 Å². The Morgan fingerprint density at radius 1 is 0.963 bits per heavy atom. The van der Waals surface area contributed by atoms with Gasteiger partial charge in [-0.05, 0) is 33.4 Å². The van der Waals surface area contributed by atoms with Crippen LogP contribution >= 0.6 is 0 Å². The first kappa shape index (κ1) is 22.8. The predicted octanol–water partition coefficient (Wildman–Crippen LogP) is 3.15. The first-order chi connectivity index (χ1) is 13.2. The molecule has 5 heteroatoms. The molecule has 0 saturated carbocycles. The summed E-state index contributed by atoms with van der Waals surface area (Å²) < 4.78 is 5.45. The smallest absolute Gasteiger partial charge is 0.0594 e. The lowest BCUT2D eigenvalue weighted by Gasteiger charge is -2.31.